The van der Waals surface area contributed by atoms with E-state index in [1.54, 1.807) is 30.7 Å². The highest BCUT2D eigenvalue weighted by molar-refractivity contribution is 7.22. The maximum Gasteiger partial charge on any atom is 0.150 e. The summed E-state index contributed by atoms with van der Waals surface area (Å²) in [5.74, 6) is 0.718. The number of rotatable bonds is 3. The Hall–Kier alpha value is -2.15. The molecule has 1 aromatic carbocycles. The maximum absolute atomic E-state index is 6.29. The van der Waals surface area contributed by atoms with Gasteiger partial charge in [-0.2, -0.15) is 5.10 Å². The molecule has 5 nitrogen and oxygen atoms in total. The van der Waals surface area contributed by atoms with E-state index in [0.717, 1.165) is 32.3 Å². The second kappa shape index (κ2) is 5.81. The van der Waals surface area contributed by atoms with E-state index in [2.05, 4.69) is 25.5 Å². The molecule has 0 saturated carbocycles. The minimum atomic E-state index is 0.578. The van der Waals surface area contributed by atoms with Gasteiger partial charge in [0.25, 0.3) is 0 Å². The summed E-state index contributed by atoms with van der Waals surface area (Å²) in [5, 5.41) is 11.8. The number of pyridine rings is 1. The van der Waals surface area contributed by atoms with Gasteiger partial charge in [0.1, 0.15) is 10.8 Å². The van der Waals surface area contributed by atoms with Crippen LogP contribution in [0, 0.1) is 0 Å². The average molecular weight is 362 g/mol. The maximum atomic E-state index is 6.29. The van der Waals surface area contributed by atoms with Gasteiger partial charge in [0.2, 0.25) is 0 Å². The van der Waals surface area contributed by atoms with Crippen molar-refractivity contribution in [1.29, 1.82) is 0 Å². The Kier molecular flexibility index (Phi) is 3.65. The van der Waals surface area contributed by atoms with Crippen molar-refractivity contribution in [3.05, 3.63) is 52.9 Å². The van der Waals surface area contributed by atoms with Crippen molar-refractivity contribution in [3.63, 3.8) is 0 Å². The fraction of sp³-hybridized carbons (Fsp3) is 0. The monoisotopic (exact) mass is 361 g/mol. The molecule has 0 bridgehead atoms. The lowest BCUT2D eigenvalue weighted by Crippen LogP contribution is -1.91. The van der Waals surface area contributed by atoms with Gasteiger partial charge in [0, 0.05) is 18.0 Å². The summed E-state index contributed by atoms with van der Waals surface area (Å²) in [6.45, 7) is 0. The smallest absolute Gasteiger partial charge is 0.150 e. The molecule has 0 amide bonds. The van der Waals surface area contributed by atoms with Crippen LogP contribution in [0.4, 0.5) is 11.5 Å². The van der Waals surface area contributed by atoms with Crippen LogP contribution in [-0.4, -0.2) is 20.2 Å². The van der Waals surface area contributed by atoms with Gasteiger partial charge >= 0.3 is 0 Å². The van der Waals surface area contributed by atoms with Gasteiger partial charge in [-0.25, -0.2) is 9.97 Å². The van der Waals surface area contributed by atoms with Crippen molar-refractivity contribution in [1.82, 2.24) is 20.2 Å². The summed E-state index contributed by atoms with van der Waals surface area (Å²) < 4.78 is 0.930. The summed E-state index contributed by atoms with van der Waals surface area (Å²) in [5.41, 5.74) is 2.41. The second-order valence-electron chi connectivity index (χ2n) is 4.74. The molecule has 0 saturated heterocycles. The molecule has 23 heavy (non-hydrogen) atoms. The van der Waals surface area contributed by atoms with E-state index in [9.17, 15) is 0 Å². The second-order valence-corrected chi connectivity index (χ2v) is 6.55. The van der Waals surface area contributed by atoms with Crippen LogP contribution in [0.15, 0.2) is 42.9 Å². The van der Waals surface area contributed by atoms with Crippen molar-refractivity contribution < 1.29 is 0 Å². The third-order valence-corrected chi connectivity index (χ3v) is 4.97. The Morgan fingerprint density at radius 3 is 2.70 bits per heavy atom. The number of benzene rings is 1. The number of aromatic nitrogens is 4. The highest BCUT2D eigenvalue weighted by atomic mass is 35.5. The third kappa shape index (κ3) is 2.65. The minimum Gasteiger partial charge on any atom is -0.336 e. The highest BCUT2D eigenvalue weighted by Crippen LogP contribution is 2.40. The fourth-order valence-corrected chi connectivity index (χ4v) is 3.98. The van der Waals surface area contributed by atoms with E-state index in [1.165, 1.54) is 11.3 Å². The van der Waals surface area contributed by atoms with Crippen LogP contribution in [0.5, 0.6) is 0 Å². The first kappa shape index (κ1) is 14.4. The Bertz CT molecular complexity index is 961. The summed E-state index contributed by atoms with van der Waals surface area (Å²) in [6, 6.07) is 7.28. The molecule has 3 aromatic heterocycles. The molecule has 3 heterocycles. The average Bonchev–Trinajstić information content (AvgIpc) is 3.17. The first-order valence-corrected chi connectivity index (χ1v) is 8.25. The minimum absolute atomic E-state index is 0.578. The van der Waals surface area contributed by atoms with E-state index < -0.39 is 0 Å². The van der Waals surface area contributed by atoms with E-state index in [-0.39, 0.29) is 0 Å². The topological polar surface area (TPSA) is 66.5 Å². The molecule has 2 N–H and O–H groups in total. The zero-order valence-corrected chi connectivity index (χ0v) is 13.9. The molecule has 4 aromatic rings. The number of nitrogens with one attached hydrogen (secondary N) is 2. The van der Waals surface area contributed by atoms with Crippen molar-refractivity contribution in [3.8, 4) is 10.6 Å². The van der Waals surface area contributed by atoms with Crippen LogP contribution in [0.1, 0.15) is 0 Å². The van der Waals surface area contributed by atoms with E-state index in [0.29, 0.717) is 10.0 Å². The summed E-state index contributed by atoms with van der Waals surface area (Å²) in [4.78, 5) is 9.03. The molecule has 0 atom stereocenters. The predicted octanol–water partition coefficient (Wildman–Crippen LogP) is 5.13. The normalized spacial score (nSPS) is 11.0. The van der Waals surface area contributed by atoms with Gasteiger partial charge in [-0.3, -0.25) is 5.10 Å². The van der Waals surface area contributed by atoms with Crippen LogP contribution in [0.3, 0.4) is 0 Å². The Morgan fingerprint density at radius 2 is 1.96 bits per heavy atom. The van der Waals surface area contributed by atoms with Crippen molar-refractivity contribution in [2.75, 3.05) is 5.32 Å². The van der Waals surface area contributed by atoms with Crippen LogP contribution in [0.25, 0.3) is 20.8 Å². The SMILES string of the molecule is Clc1cccc(Cl)c1-c1nc2ccnc(Nc3cn[nH]c3)c2s1. The lowest BCUT2D eigenvalue weighted by Gasteiger charge is -2.02. The Morgan fingerprint density at radius 1 is 1.13 bits per heavy atom. The molecule has 4 rings (SSSR count). The molecular formula is C15H9Cl2N5S. The number of nitrogens with zero attached hydrogens (tertiary/aromatic N) is 3. The molecule has 0 spiro atoms. The molecule has 0 aliphatic carbocycles. The summed E-state index contributed by atoms with van der Waals surface area (Å²) in [7, 11) is 0. The Labute approximate surface area is 145 Å². The number of fused-ring (bicyclic) bond motifs is 1. The lowest BCUT2D eigenvalue weighted by atomic mass is 10.2. The van der Waals surface area contributed by atoms with Gasteiger partial charge in [0.15, 0.2) is 0 Å². The van der Waals surface area contributed by atoms with Gasteiger partial charge in [-0.05, 0) is 18.2 Å². The zero-order chi connectivity index (χ0) is 15.8. The summed E-state index contributed by atoms with van der Waals surface area (Å²) in [6.07, 6.45) is 5.16. The van der Waals surface area contributed by atoms with Gasteiger partial charge in [-0.15, -0.1) is 11.3 Å². The van der Waals surface area contributed by atoms with Gasteiger partial charge in [0.05, 0.1) is 32.1 Å². The molecule has 0 fully saturated rings. The van der Waals surface area contributed by atoms with Crippen LogP contribution >= 0.6 is 34.5 Å². The standard InChI is InChI=1S/C15H9Cl2N5S/c16-9-2-1-3-10(17)12(9)15-22-11-4-5-18-14(13(11)23-15)21-8-6-19-20-7-8/h1-7H,(H,18,21)(H,19,20). The third-order valence-electron chi connectivity index (χ3n) is 3.24. The molecule has 0 unspecified atom stereocenters. The van der Waals surface area contributed by atoms with E-state index in [1.807, 2.05) is 12.1 Å². The molecule has 114 valence electrons. The Balaban J connectivity index is 1.85. The number of thiazole rings is 1. The van der Waals surface area contributed by atoms with Crippen molar-refractivity contribution >= 4 is 56.3 Å². The fourth-order valence-electron chi connectivity index (χ4n) is 2.21. The number of H-pyrrole nitrogens is 1. The van der Waals surface area contributed by atoms with Crippen LogP contribution < -0.4 is 5.32 Å². The van der Waals surface area contributed by atoms with Crippen molar-refractivity contribution in [2.45, 2.75) is 0 Å². The molecule has 8 heteroatoms. The predicted molar refractivity (Wildman–Crippen MR) is 94.7 cm³/mol. The molecule has 0 aliphatic heterocycles. The van der Waals surface area contributed by atoms with E-state index >= 15 is 0 Å². The zero-order valence-electron chi connectivity index (χ0n) is 11.5. The number of halogens is 2. The molecule has 0 aliphatic rings. The van der Waals surface area contributed by atoms with E-state index in [4.69, 9.17) is 23.2 Å². The van der Waals surface area contributed by atoms with Gasteiger partial charge < -0.3 is 5.32 Å². The molecular weight excluding hydrogens is 353 g/mol. The number of aromatic amines is 1. The largest absolute Gasteiger partial charge is 0.336 e. The van der Waals surface area contributed by atoms with Gasteiger partial charge in [-0.1, -0.05) is 29.3 Å². The van der Waals surface area contributed by atoms with Crippen LogP contribution in [0.2, 0.25) is 10.0 Å². The number of hydrogen-bond donors (Lipinski definition) is 2. The quantitative estimate of drug-likeness (QED) is 0.530. The first-order chi connectivity index (χ1) is 11.2. The molecule has 0 radical (unpaired) electrons. The number of anilines is 2. The number of hydrogen-bond acceptors (Lipinski definition) is 5. The highest BCUT2D eigenvalue weighted by Gasteiger charge is 2.15. The lowest BCUT2D eigenvalue weighted by molar-refractivity contribution is 1.09. The first-order valence-electron chi connectivity index (χ1n) is 6.68. The van der Waals surface area contributed by atoms with Crippen LogP contribution in [-0.2, 0) is 0 Å². The summed E-state index contributed by atoms with van der Waals surface area (Å²) >= 11 is 14.1. The van der Waals surface area contributed by atoms with Crippen molar-refractivity contribution in [2.24, 2.45) is 0 Å².